The van der Waals surface area contributed by atoms with Crippen molar-refractivity contribution in [3.8, 4) is 0 Å². The highest BCUT2D eigenvalue weighted by molar-refractivity contribution is 5.87. The largest absolute Gasteiger partial charge is 0.353 e. The Balaban J connectivity index is 1.99. The van der Waals surface area contributed by atoms with E-state index in [1.54, 1.807) is 12.2 Å². The Morgan fingerprint density at radius 3 is 2.06 bits per heavy atom. The van der Waals surface area contributed by atoms with Gasteiger partial charge in [-0.15, -0.1) is 0 Å². The highest BCUT2D eigenvalue weighted by Gasteiger charge is 2.19. The molecule has 33 heavy (non-hydrogen) atoms. The van der Waals surface area contributed by atoms with E-state index < -0.39 is 0 Å². The van der Waals surface area contributed by atoms with E-state index in [0.29, 0.717) is 6.04 Å². The van der Waals surface area contributed by atoms with Crippen LogP contribution >= 0.6 is 0 Å². The summed E-state index contributed by atoms with van der Waals surface area (Å²) in [5.41, 5.74) is 0. The minimum Gasteiger partial charge on any atom is -0.353 e. The summed E-state index contributed by atoms with van der Waals surface area (Å²) in [6.07, 6.45) is 39.2. The maximum atomic E-state index is 11.8. The predicted octanol–water partition coefficient (Wildman–Crippen LogP) is 7.45. The van der Waals surface area contributed by atoms with Crippen molar-refractivity contribution in [1.82, 2.24) is 10.2 Å². The topological polar surface area (TPSA) is 32.3 Å². The van der Waals surface area contributed by atoms with Crippen LogP contribution in [0.5, 0.6) is 0 Å². The fraction of sp³-hybridized carbons (Fsp3) is 0.567. The van der Waals surface area contributed by atoms with Crippen LogP contribution in [0.25, 0.3) is 0 Å². The predicted molar refractivity (Wildman–Crippen MR) is 145 cm³/mol. The number of hydrogen-bond acceptors (Lipinski definition) is 2. The van der Waals surface area contributed by atoms with E-state index in [2.05, 4.69) is 42.4 Å². The number of amides is 1. The van der Waals surface area contributed by atoms with Crippen molar-refractivity contribution in [2.45, 2.75) is 90.0 Å². The summed E-state index contributed by atoms with van der Waals surface area (Å²) in [5.74, 6) is -0.0199. The third kappa shape index (κ3) is 18.0. The van der Waals surface area contributed by atoms with Gasteiger partial charge >= 0.3 is 0 Å². The average molecular weight is 453 g/mol. The minimum absolute atomic E-state index is 0.0199. The van der Waals surface area contributed by atoms with Gasteiger partial charge in [0.25, 0.3) is 0 Å². The molecule has 1 fully saturated rings. The second kappa shape index (κ2) is 21.7. The van der Waals surface area contributed by atoms with E-state index in [4.69, 9.17) is 0 Å². The van der Waals surface area contributed by atoms with Gasteiger partial charge in [-0.2, -0.15) is 0 Å². The summed E-state index contributed by atoms with van der Waals surface area (Å²) in [5, 5.41) is 2.96. The molecular formula is C30H48N2O. The fourth-order valence-corrected chi connectivity index (χ4v) is 4.00. The Hall–Kier alpha value is -2.13. The lowest BCUT2D eigenvalue weighted by Gasteiger charge is -2.18. The van der Waals surface area contributed by atoms with Gasteiger partial charge in [-0.1, -0.05) is 112 Å². The van der Waals surface area contributed by atoms with Crippen molar-refractivity contribution in [2.24, 2.45) is 0 Å². The maximum absolute atomic E-state index is 11.8. The number of rotatable bonds is 18. The van der Waals surface area contributed by atoms with Crippen LogP contribution < -0.4 is 5.32 Å². The summed E-state index contributed by atoms with van der Waals surface area (Å²) < 4.78 is 0. The molecule has 184 valence electrons. The van der Waals surface area contributed by atoms with E-state index in [1.807, 2.05) is 42.5 Å². The lowest BCUT2D eigenvalue weighted by Crippen LogP contribution is -2.27. The SMILES string of the molecule is CCCCCCCCC\C=C/C=C\C=C/C=C\C=C/C=C\C(=O)NCCCC1CCCN1C. The molecule has 0 aromatic heterocycles. The Kier molecular flexibility index (Phi) is 19.0. The number of nitrogens with zero attached hydrogens (tertiary/aromatic N) is 1. The van der Waals surface area contributed by atoms with Crippen LogP contribution in [0.15, 0.2) is 72.9 Å². The van der Waals surface area contributed by atoms with Crippen molar-refractivity contribution < 1.29 is 4.79 Å². The number of likely N-dealkylation sites (tertiary alicyclic amines) is 1. The molecule has 1 aliphatic rings. The first-order valence-corrected chi connectivity index (χ1v) is 13.2. The van der Waals surface area contributed by atoms with E-state index in [-0.39, 0.29) is 5.91 Å². The number of carbonyl (C=O) groups is 1. The zero-order valence-electron chi connectivity index (χ0n) is 21.3. The molecule has 0 saturated carbocycles. The second-order valence-corrected chi connectivity index (χ2v) is 8.95. The molecule has 0 aromatic rings. The zero-order valence-corrected chi connectivity index (χ0v) is 21.3. The van der Waals surface area contributed by atoms with Crippen molar-refractivity contribution in [3.63, 3.8) is 0 Å². The molecule has 0 radical (unpaired) electrons. The molecule has 0 aromatic carbocycles. The van der Waals surface area contributed by atoms with Crippen molar-refractivity contribution in [3.05, 3.63) is 72.9 Å². The van der Waals surface area contributed by atoms with Gasteiger partial charge in [-0.3, -0.25) is 4.79 Å². The van der Waals surface area contributed by atoms with Gasteiger partial charge < -0.3 is 10.2 Å². The van der Waals surface area contributed by atoms with Gasteiger partial charge in [0.2, 0.25) is 5.91 Å². The Morgan fingerprint density at radius 1 is 0.818 bits per heavy atom. The molecule has 1 aliphatic heterocycles. The van der Waals surface area contributed by atoms with Crippen LogP contribution in [-0.2, 0) is 4.79 Å². The van der Waals surface area contributed by atoms with E-state index >= 15 is 0 Å². The molecule has 1 unspecified atom stereocenters. The number of hydrogen-bond donors (Lipinski definition) is 1. The summed E-state index contributed by atoms with van der Waals surface area (Å²) in [4.78, 5) is 14.2. The van der Waals surface area contributed by atoms with Crippen molar-refractivity contribution in [2.75, 3.05) is 20.1 Å². The zero-order chi connectivity index (χ0) is 23.8. The monoisotopic (exact) mass is 452 g/mol. The van der Waals surface area contributed by atoms with Gasteiger partial charge in [-0.05, 0) is 52.1 Å². The minimum atomic E-state index is -0.0199. The smallest absolute Gasteiger partial charge is 0.243 e. The van der Waals surface area contributed by atoms with E-state index in [1.165, 1.54) is 77.2 Å². The molecule has 0 bridgehead atoms. The van der Waals surface area contributed by atoms with Gasteiger partial charge in [0.05, 0.1) is 0 Å². The lowest BCUT2D eigenvalue weighted by atomic mass is 10.1. The Morgan fingerprint density at radius 2 is 1.42 bits per heavy atom. The van der Waals surface area contributed by atoms with Crippen LogP contribution in [0.3, 0.4) is 0 Å². The molecule has 3 heteroatoms. The molecule has 1 heterocycles. The number of carbonyl (C=O) groups excluding carboxylic acids is 1. The fourth-order valence-electron chi connectivity index (χ4n) is 4.00. The second-order valence-electron chi connectivity index (χ2n) is 8.95. The average Bonchev–Trinajstić information content (AvgIpc) is 3.22. The molecular weight excluding hydrogens is 404 g/mol. The van der Waals surface area contributed by atoms with Crippen molar-refractivity contribution >= 4 is 5.91 Å². The normalized spacial score (nSPS) is 17.9. The molecule has 3 nitrogen and oxygen atoms in total. The van der Waals surface area contributed by atoms with Crippen LogP contribution in [-0.4, -0.2) is 37.0 Å². The van der Waals surface area contributed by atoms with Gasteiger partial charge in [0.15, 0.2) is 0 Å². The first kappa shape index (κ1) is 28.9. The maximum Gasteiger partial charge on any atom is 0.243 e. The van der Waals surface area contributed by atoms with Gasteiger partial charge in [-0.25, -0.2) is 0 Å². The first-order valence-electron chi connectivity index (χ1n) is 13.2. The molecule has 1 saturated heterocycles. The highest BCUT2D eigenvalue weighted by Crippen LogP contribution is 2.18. The van der Waals surface area contributed by atoms with Crippen LogP contribution in [0.1, 0.15) is 84.0 Å². The summed E-state index contributed by atoms with van der Waals surface area (Å²) in [6.45, 7) is 4.23. The van der Waals surface area contributed by atoms with E-state index in [9.17, 15) is 4.79 Å². The highest BCUT2D eigenvalue weighted by atomic mass is 16.1. The third-order valence-electron chi connectivity index (χ3n) is 6.04. The molecule has 1 N–H and O–H groups in total. The molecule has 1 amide bonds. The number of allylic oxidation sites excluding steroid dienone is 11. The lowest BCUT2D eigenvalue weighted by molar-refractivity contribution is -0.116. The first-order chi connectivity index (χ1) is 16.2. The van der Waals surface area contributed by atoms with Crippen LogP contribution in [0, 0.1) is 0 Å². The third-order valence-corrected chi connectivity index (χ3v) is 6.04. The molecule has 1 rings (SSSR count). The number of nitrogens with one attached hydrogen (secondary N) is 1. The van der Waals surface area contributed by atoms with Gasteiger partial charge in [0.1, 0.15) is 0 Å². The Labute approximate surface area is 204 Å². The Bertz CT molecular complexity index is 654. The van der Waals surface area contributed by atoms with Crippen LogP contribution in [0.2, 0.25) is 0 Å². The van der Waals surface area contributed by atoms with Crippen LogP contribution in [0.4, 0.5) is 0 Å². The standard InChI is InChI=1S/C30H48N2O/c1-3-4-5-6-7-8-9-10-11-12-13-14-15-16-17-18-19-20-21-26-30(33)31-27-22-24-29-25-23-28-32(29)2/h11-21,26,29H,3-10,22-25,27-28H2,1-2H3,(H,31,33)/b12-11-,14-13-,16-15-,18-17-,20-19-,26-21-. The summed E-state index contributed by atoms with van der Waals surface area (Å²) in [7, 11) is 2.20. The quantitative estimate of drug-likeness (QED) is 0.133. The summed E-state index contributed by atoms with van der Waals surface area (Å²) >= 11 is 0. The summed E-state index contributed by atoms with van der Waals surface area (Å²) in [6, 6.07) is 0.702. The molecule has 0 aliphatic carbocycles. The molecule has 1 atom stereocenters. The van der Waals surface area contributed by atoms with E-state index in [0.717, 1.165) is 13.0 Å². The van der Waals surface area contributed by atoms with Crippen molar-refractivity contribution in [1.29, 1.82) is 0 Å². The van der Waals surface area contributed by atoms with Gasteiger partial charge in [0, 0.05) is 18.7 Å². The number of unbranched alkanes of at least 4 members (excludes halogenated alkanes) is 7. The molecule has 0 spiro atoms.